The van der Waals surface area contributed by atoms with E-state index < -0.39 is 0 Å². The van der Waals surface area contributed by atoms with Crippen molar-refractivity contribution in [1.29, 1.82) is 0 Å². The highest BCUT2D eigenvalue weighted by molar-refractivity contribution is 7.15. The fourth-order valence-corrected chi connectivity index (χ4v) is 9.68. The largest absolute Gasteiger partial charge is 0.311 e. The minimum atomic E-state index is 1.11. The standard InChI is InChI=1S/C52H36N2S2/c1-3-13-43(14-4-1)53(47-31-23-39(24-32-47)51-49-17-9-7-11-41(49)35-55-51)45-27-19-37(20-28-45)38-21-29-46(30-22-38)54(44-15-5-2-6-16-44)48-33-25-40(26-34-48)52-50-18-10-8-12-42(50)36-56-52/h1-36H. The molecule has 10 rings (SSSR count). The molecule has 2 heterocycles. The highest BCUT2D eigenvalue weighted by Crippen LogP contribution is 2.41. The minimum absolute atomic E-state index is 1.11. The van der Waals surface area contributed by atoms with Crippen molar-refractivity contribution >= 4 is 78.3 Å². The van der Waals surface area contributed by atoms with E-state index in [9.17, 15) is 0 Å². The summed E-state index contributed by atoms with van der Waals surface area (Å²) in [6.07, 6.45) is 0. The van der Waals surface area contributed by atoms with Gasteiger partial charge in [-0.15, -0.1) is 22.7 Å². The van der Waals surface area contributed by atoms with E-state index in [0.29, 0.717) is 0 Å². The van der Waals surface area contributed by atoms with Crippen LogP contribution in [0.3, 0.4) is 0 Å². The van der Waals surface area contributed by atoms with Gasteiger partial charge in [0.1, 0.15) is 0 Å². The van der Waals surface area contributed by atoms with Crippen LogP contribution in [0.5, 0.6) is 0 Å². The fraction of sp³-hybridized carbons (Fsp3) is 0. The van der Waals surface area contributed by atoms with Crippen molar-refractivity contribution in [3.05, 3.63) is 217 Å². The SMILES string of the molecule is c1ccc(N(c2ccc(-c3ccc(N(c4ccccc4)c4ccc(-c5scc6ccccc56)cc4)cc3)cc2)c2ccc(-c3scc4ccccc34)cc2)cc1. The Morgan fingerprint density at radius 3 is 0.893 bits per heavy atom. The molecule has 0 spiro atoms. The lowest BCUT2D eigenvalue weighted by Gasteiger charge is -2.26. The molecule has 0 unspecified atom stereocenters. The van der Waals surface area contributed by atoms with Gasteiger partial charge in [0.15, 0.2) is 0 Å². The molecule has 8 aromatic carbocycles. The molecule has 0 aliphatic rings. The van der Waals surface area contributed by atoms with Gasteiger partial charge >= 0.3 is 0 Å². The van der Waals surface area contributed by atoms with E-state index in [-0.39, 0.29) is 0 Å². The van der Waals surface area contributed by atoms with Gasteiger partial charge in [-0.1, -0.05) is 133 Å². The number of fused-ring (bicyclic) bond motifs is 2. The number of benzene rings is 8. The van der Waals surface area contributed by atoms with Crippen LogP contribution < -0.4 is 9.80 Å². The fourth-order valence-electron chi connectivity index (χ4n) is 7.61. The van der Waals surface area contributed by atoms with Crippen molar-refractivity contribution in [2.45, 2.75) is 0 Å². The average Bonchev–Trinajstić information content (AvgIpc) is 3.91. The summed E-state index contributed by atoms with van der Waals surface area (Å²) >= 11 is 3.61. The number of anilines is 6. The van der Waals surface area contributed by atoms with E-state index in [1.807, 2.05) is 0 Å². The Morgan fingerprint density at radius 2 is 0.536 bits per heavy atom. The molecule has 56 heavy (non-hydrogen) atoms. The summed E-state index contributed by atoms with van der Waals surface area (Å²) in [7, 11) is 0. The molecule has 0 aliphatic heterocycles. The van der Waals surface area contributed by atoms with Crippen LogP contribution in [0.1, 0.15) is 0 Å². The zero-order valence-corrected chi connectivity index (χ0v) is 32.1. The van der Waals surface area contributed by atoms with Gasteiger partial charge in [-0.3, -0.25) is 0 Å². The molecule has 0 saturated carbocycles. The monoisotopic (exact) mass is 752 g/mol. The molecule has 0 bridgehead atoms. The van der Waals surface area contributed by atoms with E-state index in [1.54, 1.807) is 22.7 Å². The van der Waals surface area contributed by atoms with Crippen molar-refractivity contribution in [1.82, 2.24) is 0 Å². The molecular formula is C52H36N2S2. The summed E-state index contributed by atoms with van der Waals surface area (Å²) in [4.78, 5) is 7.27. The maximum Gasteiger partial charge on any atom is 0.0462 e. The number of para-hydroxylation sites is 2. The number of hydrogen-bond acceptors (Lipinski definition) is 4. The first-order chi connectivity index (χ1) is 27.8. The van der Waals surface area contributed by atoms with Gasteiger partial charge in [-0.2, -0.15) is 0 Å². The number of rotatable bonds is 9. The Bertz CT molecular complexity index is 2670. The van der Waals surface area contributed by atoms with Gasteiger partial charge in [-0.25, -0.2) is 0 Å². The summed E-state index contributed by atoms with van der Waals surface area (Å²) in [5, 5.41) is 9.68. The quantitative estimate of drug-likeness (QED) is 0.145. The third kappa shape index (κ3) is 6.45. The van der Waals surface area contributed by atoms with E-state index in [0.717, 1.165) is 34.1 Å². The van der Waals surface area contributed by atoms with E-state index in [1.165, 1.54) is 53.6 Å². The number of nitrogens with zero attached hydrogens (tertiary/aromatic N) is 2. The summed E-state index contributed by atoms with van der Waals surface area (Å²) in [6.45, 7) is 0. The average molecular weight is 753 g/mol. The number of hydrogen-bond donors (Lipinski definition) is 0. The van der Waals surface area contributed by atoms with Crippen LogP contribution in [-0.4, -0.2) is 0 Å². The zero-order valence-electron chi connectivity index (χ0n) is 30.5. The van der Waals surface area contributed by atoms with Crippen LogP contribution in [-0.2, 0) is 0 Å². The van der Waals surface area contributed by atoms with E-state index >= 15 is 0 Å². The second kappa shape index (κ2) is 14.8. The molecule has 0 saturated heterocycles. The predicted molar refractivity (Wildman–Crippen MR) is 243 cm³/mol. The molecule has 10 aromatic rings. The Labute approximate surface area is 335 Å². The summed E-state index contributed by atoms with van der Waals surface area (Å²) in [5.41, 5.74) is 11.5. The Hall–Kier alpha value is -6.72. The smallest absolute Gasteiger partial charge is 0.0462 e. The van der Waals surface area contributed by atoms with Crippen molar-refractivity contribution in [3.8, 4) is 32.0 Å². The zero-order chi connectivity index (χ0) is 37.3. The summed E-state index contributed by atoms with van der Waals surface area (Å²) < 4.78 is 0. The van der Waals surface area contributed by atoms with Crippen molar-refractivity contribution in [2.24, 2.45) is 0 Å². The van der Waals surface area contributed by atoms with Crippen LogP contribution in [0, 0.1) is 0 Å². The predicted octanol–water partition coefficient (Wildman–Crippen LogP) is 16.1. The van der Waals surface area contributed by atoms with Crippen LogP contribution in [0.2, 0.25) is 0 Å². The highest BCUT2D eigenvalue weighted by Gasteiger charge is 2.16. The number of thiophene rings is 2. The third-order valence-electron chi connectivity index (χ3n) is 10.4. The van der Waals surface area contributed by atoms with Gasteiger partial charge < -0.3 is 9.80 Å². The summed E-state index contributed by atoms with van der Waals surface area (Å²) in [6, 6.07) is 74.2. The van der Waals surface area contributed by atoms with E-state index in [2.05, 4.69) is 227 Å². The van der Waals surface area contributed by atoms with Gasteiger partial charge in [0.25, 0.3) is 0 Å². The molecule has 266 valence electrons. The molecule has 0 N–H and O–H groups in total. The molecule has 4 heteroatoms. The van der Waals surface area contributed by atoms with Crippen molar-refractivity contribution < 1.29 is 0 Å². The minimum Gasteiger partial charge on any atom is -0.311 e. The maximum atomic E-state index is 2.33. The topological polar surface area (TPSA) is 6.48 Å². The van der Waals surface area contributed by atoms with Gasteiger partial charge in [-0.05, 0) is 117 Å². The van der Waals surface area contributed by atoms with Crippen LogP contribution in [0.4, 0.5) is 34.1 Å². The van der Waals surface area contributed by atoms with Gasteiger partial charge in [0, 0.05) is 54.7 Å². The van der Waals surface area contributed by atoms with Crippen LogP contribution >= 0.6 is 22.7 Å². The van der Waals surface area contributed by atoms with Gasteiger partial charge in [0.05, 0.1) is 0 Å². The first kappa shape index (κ1) is 33.8. The summed E-state index contributed by atoms with van der Waals surface area (Å²) in [5.74, 6) is 0. The molecule has 0 fully saturated rings. The molecule has 2 nitrogen and oxygen atoms in total. The highest BCUT2D eigenvalue weighted by atomic mass is 32.1. The lowest BCUT2D eigenvalue weighted by atomic mass is 10.0. The Balaban J connectivity index is 0.934. The molecule has 0 amide bonds. The van der Waals surface area contributed by atoms with E-state index in [4.69, 9.17) is 0 Å². The van der Waals surface area contributed by atoms with Crippen LogP contribution in [0.15, 0.2) is 217 Å². The maximum absolute atomic E-state index is 2.33. The first-order valence-electron chi connectivity index (χ1n) is 18.8. The third-order valence-corrected chi connectivity index (χ3v) is 12.5. The lowest BCUT2D eigenvalue weighted by Crippen LogP contribution is -2.10. The Kier molecular flexibility index (Phi) is 8.96. The normalized spacial score (nSPS) is 11.2. The van der Waals surface area contributed by atoms with Crippen LogP contribution in [0.25, 0.3) is 53.6 Å². The molecular weight excluding hydrogens is 717 g/mol. The second-order valence-electron chi connectivity index (χ2n) is 13.8. The van der Waals surface area contributed by atoms with Crippen molar-refractivity contribution in [2.75, 3.05) is 9.80 Å². The molecule has 2 aromatic heterocycles. The first-order valence-corrected chi connectivity index (χ1v) is 20.6. The molecule has 0 atom stereocenters. The van der Waals surface area contributed by atoms with Crippen molar-refractivity contribution in [3.63, 3.8) is 0 Å². The lowest BCUT2D eigenvalue weighted by molar-refractivity contribution is 1.28. The molecule has 0 radical (unpaired) electrons. The Morgan fingerprint density at radius 1 is 0.250 bits per heavy atom. The second-order valence-corrected chi connectivity index (χ2v) is 15.6. The molecule has 0 aliphatic carbocycles. The van der Waals surface area contributed by atoms with Gasteiger partial charge in [0.2, 0.25) is 0 Å².